The van der Waals surface area contributed by atoms with E-state index in [1.165, 1.54) is 0 Å². The first-order chi connectivity index (χ1) is 14.1. The topological polar surface area (TPSA) is 103 Å². The lowest BCUT2D eigenvalue weighted by molar-refractivity contribution is -0.126. The van der Waals surface area contributed by atoms with Gasteiger partial charge < -0.3 is 11.1 Å². The lowest BCUT2D eigenvalue weighted by Crippen LogP contribution is -2.45. The summed E-state index contributed by atoms with van der Waals surface area (Å²) in [6.07, 6.45) is 5.32. The van der Waals surface area contributed by atoms with Crippen molar-refractivity contribution in [3.8, 4) is 23.3 Å². The first-order valence-corrected chi connectivity index (χ1v) is 10.2. The summed E-state index contributed by atoms with van der Waals surface area (Å²) in [7, 11) is 0. The minimum Gasteiger partial charge on any atom is -0.340 e. The van der Waals surface area contributed by atoms with Crippen LogP contribution in [0.25, 0.3) is 11.1 Å². The smallest absolute Gasteiger partial charge is 0.225 e. The van der Waals surface area contributed by atoms with Crippen LogP contribution in [0.5, 0.6) is 0 Å². The highest BCUT2D eigenvalue weighted by molar-refractivity contribution is 5.80. The number of rotatable bonds is 5. The van der Waals surface area contributed by atoms with Crippen LogP contribution >= 0.6 is 0 Å². The zero-order valence-corrected chi connectivity index (χ0v) is 16.5. The highest BCUT2D eigenvalue weighted by Crippen LogP contribution is 2.23. The maximum atomic E-state index is 12.6. The van der Waals surface area contributed by atoms with Crippen molar-refractivity contribution in [3.05, 3.63) is 59.7 Å². The van der Waals surface area contributed by atoms with Crippen LogP contribution in [0.2, 0.25) is 0 Å². The average molecular weight is 386 g/mol. The molecule has 1 amide bonds. The van der Waals surface area contributed by atoms with Gasteiger partial charge in [0.1, 0.15) is 6.04 Å². The molecule has 0 heterocycles. The van der Waals surface area contributed by atoms with E-state index in [2.05, 4.69) is 17.5 Å². The van der Waals surface area contributed by atoms with E-state index in [1.807, 2.05) is 36.4 Å². The SMILES string of the molecule is N#Cc1ccc(-c2ccc(CC(C#N)NC(=O)C3CCCCCC3N)cc2)cc1. The molecule has 0 bridgehead atoms. The summed E-state index contributed by atoms with van der Waals surface area (Å²) >= 11 is 0. The summed E-state index contributed by atoms with van der Waals surface area (Å²) < 4.78 is 0. The number of hydrogen-bond donors (Lipinski definition) is 2. The largest absolute Gasteiger partial charge is 0.340 e. The van der Waals surface area contributed by atoms with Gasteiger partial charge in [0.2, 0.25) is 5.91 Å². The molecule has 1 aliphatic rings. The van der Waals surface area contributed by atoms with Gasteiger partial charge in [-0.1, -0.05) is 55.7 Å². The molecule has 3 rings (SSSR count). The van der Waals surface area contributed by atoms with Crippen molar-refractivity contribution >= 4 is 5.91 Å². The van der Waals surface area contributed by atoms with Gasteiger partial charge in [0, 0.05) is 12.5 Å². The van der Waals surface area contributed by atoms with E-state index in [9.17, 15) is 10.1 Å². The summed E-state index contributed by atoms with van der Waals surface area (Å²) in [5.41, 5.74) is 9.87. The molecule has 1 fully saturated rings. The van der Waals surface area contributed by atoms with Gasteiger partial charge in [-0.3, -0.25) is 4.79 Å². The second kappa shape index (κ2) is 9.87. The number of carbonyl (C=O) groups is 1. The van der Waals surface area contributed by atoms with Gasteiger partial charge in [-0.2, -0.15) is 10.5 Å². The molecule has 0 aliphatic heterocycles. The monoisotopic (exact) mass is 386 g/mol. The maximum Gasteiger partial charge on any atom is 0.225 e. The molecule has 5 nitrogen and oxygen atoms in total. The molecule has 3 atom stereocenters. The minimum atomic E-state index is -0.571. The Labute approximate surface area is 172 Å². The lowest BCUT2D eigenvalue weighted by atomic mass is 9.94. The van der Waals surface area contributed by atoms with Crippen molar-refractivity contribution < 1.29 is 4.79 Å². The molecule has 0 spiro atoms. The van der Waals surface area contributed by atoms with Crippen LogP contribution < -0.4 is 11.1 Å². The molecule has 3 N–H and O–H groups in total. The lowest BCUT2D eigenvalue weighted by Gasteiger charge is -2.22. The van der Waals surface area contributed by atoms with E-state index in [-0.39, 0.29) is 17.9 Å². The fourth-order valence-electron chi connectivity index (χ4n) is 3.88. The molecule has 2 aromatic rings. The van der Waals surface area contributed by atoms with Gasteiger partial charge in [-0.05, 0) is 41.7 Å². The number of carbonyl (C=O) groups excluding carboxylic acids is 1. The summed E-state index contributed by atoms with van der Waals surface area (Å²) in [5, 5.41) is 21.3. The maximum absolute atomic E-state index is 12.6. The number of hydrogen-bond acceptors (Lipinski definition) is 4. The number of nitrogens with one attached hydrogen (secondary N) is 1. The molecular formula is C24H26N4O. The van der Waals surface area contributed by atoms with Gasteiger partial charge in [0.15, 0.2) is 0 Å². The van der Waals surface area contributed by atoms with Crippen molar-refractivity contribution in [1.29, 1.82) is 10.5 Å². The van der Waals surface area contributed by atoms with E-state index < -0.39 is 6.04 Å². The van der Waals surface area contributed by atoms with Gasteiger partial charge in [0.05, 0.1) is 23.6 Å². The molecular weight excluding hydrogens is 360 g/mol. The quantitative estimate of drug-likeness (QED) is 0.765. The van der Waals surface area contributed by atoms with Crippen LogP contribution in [0.4, 0.5) is 0 Å². The summed E-state index contributed by atoms with van der Waals surface area (Å²) in [6.45, 7) is 0. The van der Waals surface area contributed by atoms with E-state index in [0.29, 0.717) is 12.0 Å². The summed E-state index contributed by atoms with van der Waals surface area (Å²) in [5.74, 6) is -0.299. The second-order valence-corrected chi connectivity index (χ2v) is 7.69. The van der Waals surface area contributed by atoms with Crippen LogP contribution in [0, 0.1) is 28.6 Å². The number of nitrogens with zero attached hydrogens (tertiary/aromatic N) is 2. The summed E-state index contributed by atoms with van der Waals surface area (Å²) in [4.78, 5) is 12.6. The van der Waals surface area contributed by atoms with Crippen molar-refractivity contribution in [1.82, 2.24) is 5.32 Å². The van der Waals surface area contributed by atoms with Crippen molar-refractivity contribution in [2.75, 3.05) is 0 Å². The molecule has 0 saturated heterocycles. The molecule has 0 aromatic heterocycles. The average Bonchev–Trinajstić information content (AvgIpc) is 2.98. The molecule has 3 unspecified atom stereocenters. The predicted octanol–water partition coefficient (Wildman–Crippen LogP) is 3.68. The molecule has 148 valence electrons. The Hall–Kier alpha value is -3.15. The third-order valence-electron chi connectivity index (χ3n) is 5.62. The number of nitriles is 2. The van der Waals surface area contributed by atoms with E-state index in [1.54, 1.807) is 12.1 Å². The highest BCUT2D eigenvalue weighted by atomic mass is 16.2. The molecule has 5 heteroatoms. The number of nitrogens with two attached hydrogens (primary N) is 1. The van der Waals surface area contributed by atoms with Crippen LogP contribution in [-0.2, 0) is 11.2 Å². The van der Waals surface area contributed by atoms with Crippen molar-refractivity contribution in [2.45, 2.75) is 50.6 Å². The van der Waals surface area contributed by atoms with Crippen molar-refractivity contribution in [2.24, 2.45) is 11.7 Å². The molecule has 2 aromatic carbocycles. The molecule has 1 saturated carbocycles. The Morgan fingerprint density at radius 2 is 1.62 bits per heavy atom. The van der Waals surface area contributed by atoms with Crippen LogP contribution in [0.3, 0.4) is 0 Å². The van der Waals surface area contributed by atoms with Gasteiger partial charge >= 0.3 is 0 Å². The Balaban J connectivity index is 1.62. The van der Waals surface area contributed by atoms with Crippen LogP contribution in [-0.4, -0.2) is 18.0 Å². The third-order valence-corrected chi connectivity index (χ3v) is 5.62. The Bertz CT molecular complexity index is 906. The first-order valence-electron chi connectivity index (χ1n) is 10.2. The Morgan fingerprint density at radius 1 is 1.00 bits per heavy atom. The Kier molecular flexibility index (Phi) is 7.00. The molecule has 29 heavy (non-hydrogen) atoms. The first kappa shape index (κ1) is 20.6. The zero-order valence-electron chi connectivity index (χ0n) is 16.5. The normalized spacial score (nSPS) is 20.0. The van der Waals surface area contributed by atoms with Gasteiger partial charge in [-0.25, -0.2) is 0 Å². The highest BCUT2D eigenvalue weighted by Gasteiger charge is 2.28. The predicted molar refractivity (Wildman–Crippen MR) is 112 cm³/mol. The fraction of sp³-hybridized carbons (Fsp3) is 0.375. The molecule has 0 radical (unpaired) electrons. The number of amides is 1. The number of benzene rings is 2. The second-order valence-electron chi connectivity index (χ2n) is 7.69. The van der Waals surface area contributed by atoms with Crippen molar-refractivity contribution in [3.63, 3.8) is 0 Å². The molecule has 1 aliphatic carbocycles. The Morgan fingerprint density at radius 3 is 2.24 bits per heavy atom. The minimum absolute atomic E-state index is 0.0971. The standard InChI is InChI=1S/C24H26N4O/c25-15-18-8-12-20(13-9-18)19-10-6-17(7-11-19)14-21(16-26)28-24(29)22-4-2-1-3-5-23(22)27/h6-13,21-23H,1-5,14,27H2,(H,28,29). The van der Waals surface area contributed by atoms with E-state index in [4.69, 9.17) is 11.0 Å². The fourth-order valence-corrected chi connectivity index (χ4v) is 3.88. The van der Waals surface area contributed by atoms with Crippen LogP contribution in [0.1, 0.15) is 43.2 Å². The van der Waals surface area contributed by atoms with Gasteiger partial charge in [-0.15, -0.1) is 0 Å². The van der Waals surface area contributed by atoms with E-state index >= 15 is 0 Å². The van der Waals surface area contributed by atoms with Gasteiger partial charge in [0.25, 0.3) is 0 Å². The van der Waals surface area contributed by atoms with Crippen LogP contribution in [0.15, 0.2) is 48.5 Å². The van der Waals surface area contributed by atoms with E-state index in [0.717, 1.165) is 48.8 Å². The summed E-state index contributed by atoms with van der Waals surface area (Å²) in [6, 6.07) is 19.0. The third kappa shape index (κ3) is 5.44. The zero-order chi connectivity index (χ0) is 20.6.